The zero-order valence-corrected chi connectivity index (χ0v) is 10.6. The Kier molecular flexibility index (Phi) is 3.46. The third-order valence-corrected chi connectivity index (χ3v) is 3.72. The molecule has 0 bridgehead atoms. The van der Waals surface area contributed by atoms with Gasteiger partial charge < -0.3 is 4.90 Å². The number of hydrogen-bond acceptors (Lipinski definition) is 3. The lowest BCUT2D eigenvalue weighted by Gasteiger charge is -2.27. The summed E-state index contributed by atoms with van der Waals surface area (Å²) in [5.41, 5.74) is 1.81. The summed E-state index contributed by atoms with van der Waals surface area (Å²) >= 11 is 0. The molecule has 0 atom stereocenters. The third kappa shape index (κ3) is 2.33. The smallest absolute Gasteiger partial charge is 0.205 e. The predicted molar refractivity (Wildman–Crippen MR) is 66.5 cm³/mol. The highest BCUT2D eigenvalue weighted by molar-refractivity contribution is 6.21. The first-order valence-electron chi connectivity index (χ1n) is 6.34. The Balaban J connectivity index is 2.24. The van der Waals surface area contributed by atoms with Crippen molar-refractivity contribution in [2.45, 2.75) is 39.5 Å². The number of allylic oxidation sites excluding steroid dienone is 3. The summed E-state index contributed by atoms with van der Waals surface area (Å²) in [6.07, 6.45) is 6.19. The summed E-state index contributed by atoms with van der Waals surface area (Å²) < 4.78 is 0. The number of carbonyl (C=O) groups is 2. The number of rotatable bonds is 1. The summed E-state index contributed by atoms with van der Waals surface area (Å²) in [5, 5.41) is 0. The maximum absolute atomic E-state index is 12.2. The zero-order valence-electron chi connectivity index (χ0n) is 10.6. The minimum atomic E-state index is -0.0126. The first-order valence-corrected chi connectivity index (χ1v) is 6.34. The topological polar surface area (TPSA) is 37.4 Å². The Labute approximate surface area is 102 Å². The van der Waals surface area contributed by atoms with Gasteiger partial charge in [-0.15, -0.1) is 0 Å². The van der Waals surface area contributed by atoms with E-state index in [0.29, 0.717) is 16.8 Å². The summed E-state index contributed by atoms with van der Waals surface area (Å²) in [7, 11) is 0. The third-order valence-electron chi connectivity index (χ3n) is 3.72. The van der Waals surface area contributed by atoms with Gasteiger partial charge >= 0.3 is 0 Å². The van der Waals surface area contributed by atoms with E-state index >= 15 is 0 Å². The van der Waals surface area contributed by atoms with Crippen LogP contribution in [-0.4, -0.2) is 29.6 Å². The molecule has 0 N–H and O–H groups in total. The molecule has 0 radical (unpaired) electrons. The maximum Gasteiger partial charge on any atom is 0.205 e. The normalized spacial score (nSPS) is 22.7. The van der Waals surface area contributed by atoms with E-state index in [-0.39, 0.29) is 11.6 Å². The summed E-state index contributed by atoms with van der Waals surface area (Å²) in [4.78, 5) is 26.0. The standard InChI is InChI=1S/C14H19NO2/c1-10-11(2)14(17)12(9-13(10)16)15-7-5-3-4-6-8-15/h9H,3-8H2,1-2H3. The van der Waals surface area contributed by atoms with E-state index in [2.05, 4.69) is 4.90 Å². The van der Waals surface area contributed by atoms with Crippen LogP contribution in [0.25, 0.3) is 0 Å². The molecule has 3 nitrogen and oxygen atoms in total. The molecule has 92 valence electrons. The molecule has 0 saturated carbocycles. The number of ketones is 2. The molecule has 1 saturated heterocycles. The van der Waals surface area contributed by atoms with Crippen molar-refractivity contribution < 1.29 is 9.59 Å². The van der Waals surface area contributed by atoms with Crippen molar-refractivity contribution in [3.05, 3.63) is 22.9 Å². The minimum absolute atomic E-state index is 0.0126. The van der Waals surface area contributed by atoms with E-state index in [4.69, 9.17) is 0 Å². The lowest BCUT2D eigenvalue weighted by Crippen LogP contribution is -2.32. The summed E-state index contributed by atoms with van der Waals surface area (Å²) in [5.74, 6) is 0.0188. The molecule has 3 heteroatoms. The molecule has 2 rings (SSSR count). The van der Waals surface area contributed by atoms with Crippen molar-refractivity contribution in [3.8, 4) is 0 Å². The van der Waals surface area contributed by atoms with Gasteiger partial charge in [-0.2, -0.15) is 0 Å². The SMILES string of the molecule is CC1=C(C)C(=O)C(N2CCCCCC2)=CC1=O. The van der Waals surface area contributed by atoms with Crippen LogP contribution in [0.1, 0.15) is 39.5 Å². The molecule has 0 unspecified atom stereocenters. The van der Waals surface area contributed by atoms with Crippen LogP contribution in [0.15, 0.2) is 22.9 Å². The number of hydrogen-bond donors (Lipinski definition) is 0. The van der Waals surface area contributed by atoms with Gasteiger partial charge in [0.1, 0.15) is 0 Å². The molecule has 2 aliphatic rings. The zero-order chi connectivity index (χ0) is 12.4. The first kappa shape index (κ1) is 12.1. The summed E-state index contributed by atoms with van der Waals surface area (Å²) in [6, 6.07) is 0. The highest BCUT2D eigenvalue weighted by Crippen LogP contribution is 2.23. The van der Waals surface area contributed by atoms with Crippen molar-refractivity contribution in [2.24, 2.45) is 0 Å². The first-order chi connectivity index (χ1) is 8.11. The Bertz CT molecular complexity index is 410. The van der Waals surface area contributed by atoms with Crippen LogP contribution >= 0.6 is 0 Å². The van der Waals surface area contributed by atoms with Gasteiger partial charge in [0.25, 0.3) is 0 Å². The van der Waals surface area contributed by atoms with Crippen molar-refractivity contribution in [3.63, 3.8) is 0 Å². The van der Waals surface area contributed by atoms with Crippen molar-refractivity contribution in [1.29, 1.82) is 0 Å². The van der Waals surface area contributed by atoms with E-state index in [0.717, 1.165) is 25.9 Å². The van der Waals surface area contributed by atoms with Gasteiger partial charge in [0.2, 0.25) is 5.78 Å². The second kappa shape index (κ2) is 4.86. The second-order valence-corrected chi connectivity index (χ2v) is 4.87. The highest BCUT2D eigenvalue weighted by Gasteiger charge is 2.27. The largest absolute Gasteiger partial charge is 0.368 e. The average molecular weight is 233 g/mol. The monoisotopic (exact) mass is 233 g/mol. The van der Waals surface area contributed by atoms with E-state index in [9.17, 15) is 9.59 Å². The molecule has 1 aliphatic heterocycles. The number of Topliss-reactive ketones (excluding diaryl/α,β-unsaturated/α-hetero) is 1. The van der Waals surface area contributed by atoms with Gasteiger partial charge in [0, 0.05) is 30.3 Å². The highest BCUT2D eigenvalue weighted by atomic mass is 16.1. The van der Waals surface area contributed by atoms with Gasteiger partial charge in [0.15, 0.2) is 5.78 Å². The Morgan fingerprint density at radius 1 is 0.941 bits per heavy atom. The number of likely N-dealkylation sites (tertiary alicyclic amines) is 1. The molecule has 17 heavy (non-hydrogen) atoms. The van der Waals surface area contributed by atoms with E-state index < -0.39 is 0 Å². The second-order valence-electron chi connectivity index (χ2n) is 4.87. The molecule has 0 aromatic carbocycles. The quantitative estimate of drug-likeness (QED) is 0.652. The predicted octanol–water partition coefficient (Wildman–Crippen LogP) is 2.23. The Morgan fingerprint density at radius 2 is 1.53 bits per heavy atom. The molecule has 0 spiro atoms. The molecule has 1 fully saturated rings. The fourth-order valence-corrected chi connectivity index (χ4v) is 2.39. The van der Waals surface area contributed by atoms with Crippen LogP contribution in [0.2, 0.25) is 0 Å². The molecular weight excluding hydrogens is 214 g/mol. The lowest BCUT2D eigenvalue weighted by atomic mass is 9.94. The molecule has 0 aromatic rings. The molecule has 0 amide bonds. The fourth-order valence-electron chi connectivity index (χ4n) is 2.39. The van der Waals surface area contributed by atoms with Crippen molar-refractivity contribution in [1.82, 2.24) is 4.90 Å². The number of nitrogens with zero attached hydrogens (tertiary/aromatic N) is 1. The van der Waals surface area contributed by atoms with E-state index in [1.807, 2.05) is 0 Å². The van der Waals surface area contributed by atoms with Crippen LogP contribution in [0.5, 0.6) is 0 Å². The van der Waals surface area contributed by atoms with Gasteiger partial charge in [-0.1, -0.05) is 12.8 Å². The molecule has 1 heterocycles. The molecule has 1 aliphatic carbocycles. The molecular formula is C14H19NO2. The van der Waals surface area contributed by atoms with Gasteiger partial charge in [-0.3, -0.25) is 9.59 Å². The van der Waals surface area contributed by atoms with Crippen molar-refractivity contribution in [2.75, 3.05) is 13.1 Å². The van der Waals surface area contributed by atoms with Crippen molar-refractivity contribution >= 4 is 11.6 Å². The Morgan fingerprint density at radius 3 is 2.12 bits per heavy atom. The fraction of sp³-hybridized carbons (Fsp3) is 0.571. The van der Waals surface area contributed by atoms with Crippen LogP contribution in [0.3, 0.4) is 0 Å². The van der Waals surface area contributed by atoms with E-state index in [1.165, 1.54) is 18.9 Å². The van der Waals surface area contributed by atoms with Crippen LogP contribution in [-0.2, 0) is 9.59 Å². The summed E-state index contributed by atoms with van der Waals surface area (Å²) in [6.45, 7) is 5.28. The van der Waals surface area contributed by atoms with E-state index in [1.54, 1.807) is 13.8 Å². The van der Waals surface area contributed by atoms with Crippen LogP contribution in [0, 0.1) is 0 Å². The van der Waals surface area contributed by atoms with Crippen LogP contribution in [0.4, 0.5) is 0 Å². The minimum Gasteiger partial charge on any atom is -0.368 e. The Hall–Kier alpha value is -1.38. The average Bonchev–Trinajstić information content (AvgIpc) is 2.60. The lowest BCUT2D eigenvalue weighted by molar-refractivity contribution is -0.117. The number of carbonyl (C=O) groups excluding carboxylic acids is 2. The van der Waals surface area contributed by atoms with Gasteiger partial charge in [0.05, 0.1) is 5.70 Å². The maximum atomic E-state index is 12.2. The van der Waals surface area contributed by atoms with Crippen LogP contribution < -0.4 is 0 Å². The van der Waals surface area contributed by atoms with Gasteiger partial charge in [-0.05, 0) is 26.7 Å². The molecule has 0 aromatic heterocycles. The van der Waals surface area contributed by atoms with Gasteiger partial charge in [-0.25, -0.2) is 0 Å².